The van der Waals surface area contributed by atoms with Crippen LogP contribution in [0.2, 0.25) is 0 Å². The van der Waals surface area contributed by atoms with E-state index in [0.29, 0.717) is 31.8 Å². The van der Waals surface area contributed by atoms with Crippen LogP contribution in [-0.2, 0) is 14.6 Å². The van der Waals surface area contributed by atoms with Crippen LogP contribution in [0.3, 0.4) is 0 Å². The third-order valence-electron chi connectivity index (χ3n) is 6.77. The Hall–Kier alpha value is -1.77. The number of rotatable bonds is 5. The van der Waals surface area contributed by atoms with Crippen LogP contribution in [-0.4, -0.2) is 98.2 Å². The number of sulfone groups is 1. The fraction of sp³-hybridized carbons (Fsp3) is 0.636. The molecular formula is C22H31N3O4S. The van der Waals surface area contributed by atoms with E-state index in [1.807, 2.05) is 35.2 Å². The van der Waals surface area contributed by atoms with Crippen molar-refractivity contribution in [1.82, 2.24) is 14.7 Å². The Morgan fingerprint density at radius 1 is 0.900 bits per heavy atom. The minimum atomic E-state index is -2.88. The van der Waals surface area contributed by atoms with Crippen molar-refractivity contribution < 1.29 is 18.0 Å². The van der Waals surface area contributed by atoms with Crippen molar-refractivity contribution in [2.45, 2.75) is 25.3 Å². The Kier molecular flexibility index (Phi) is 6.55. The van der Waals surface area contributed by atoms with Crippen molar-refractivity contribution in [1.29, 1.82) is 0 Å². The molecule has 0 aromatic heterocycles. The number of piperidine rings is 1. The number of Topliss-reactive ketones (excluding diaryl/α,β-unsaturated/α-hetero) is 1. The van der Waals surface area contributed by atoms with E-state index in [-0.39, 0.29) is 29.4 Å². The molecule has 7 nitrogen and oxygen atoms in total. The first-order chi connectivity index (χ1) is 14.4. The van der Waals surface area contributed by atoms with Crippen molar-refractivity contribution in [3.8, 4) is 0 Å². The molecule has 0 unspecified atom stereocenters. The number of hydrogen-bond donors (Lipinski definition) is 0. The van der Waals surface area contributed by atoms with Crippen LogP contribution >= 0.6 is 0 Å². The van der Waals surface area contributed by atoms with E-state index in [0.717, 1.165) is 44.6 Å². The minimum absolute atomic E-state index is 0.0463. The third kappa shape index (κ3) is 5.10. The van der Waals surface area contributed by atoms with Gasteiger partial charge in [-0.05, 0) is 32.4 Å². The fourth-order valence-electron chi connectivity index (χ4n) is 4.88. The highest BCUT2D eigenvalue weighted by Gasteiger charge is 2.35. The van der Waals surface area contributed by atoms with E-state index in [2.05, 4.69) is 9.80 Å². The topological polar surface area (TPSA) is 78.0 Å². The Labute approximate surface area is 178 Å². The SMILES string of the molecule is O=C(c1ccccc1)C1CCN(CC(=O)N2CCN([C@@H]3CCS(=O)(=O)C3)CC2)CC1. The predicted molar refractivity (Wildman–Crippen MR) is 115 cm³/mol. The minimum Gasteiger partial charge on any atom is -0.339 e. The lowest BCUT2D eigenvalue weighted by Gasteiger charge is -2.39. The number of amides is 1. The van der Waals surface area contributed by atoms with Crippen LogP contribution in [0.1, 0.15) is 29.6 Å². The summed E-state index contributed by atoms with van der Waals surface area (Å²) < 4.78 is 23.4. The number of nitrogens with zero attached hydrogens (tertiary/aromatic N) is 3. The first-order valence-corrected chi connectivity index (χ1v) is 12.8. The van der Waals surface area contributed by atoms with Crippen molar-refractivity contribution in [2.24, 2.45) is 5.92 Å². The summed E-state index contributed by atoms with van der Waals surface area (Å²) in [7, 11) is -2.88. The third-order valence-corrected chi connectivity index (χ3v) is 8.52. The van der Waals surface area contributed by atoms with Gasteiger partial charge in [0.05, 0.1) is 18.1 Å². The molecular weight excluding hydrogens is 402 g/mol. The van der Waals surface area contributed by atoms with Gasteiger partial charge in [-0.1, -0.05) is 30.3 Å². The second-order valence-electron chi connectivity index (χ2n) is 8.75. The van der Waals surface area contributed by atoms with E-state index >= 15 is 0 Å². The van der Waals surface area contributed by atoms with Gasteiger partial charge in [-0.2, -0.15) is 0 Å². The largest absolute Gasteiger partial charge is 0.339 e. The summed E-state index contributed by atoms with van der Waals surface area (Å²) in [5.41, 5.74) is 0.778. The summed E-state index contributed by atoms with van der Waals surface area (Å²) in [6.07, 6.45) is 2.31. The highest BCUT2D eigenvalue weighted by Crippen LogP contribution is 2.22. The normalized spacial score (nSPS) is 26.0. The van der Waals surface area contributed by atoms with Gasteiger partial charge in [-0.25, -0.2) is 8.42 Å². The number of hydrogen-bond acceptors (Lipinski definition) is 6. The van der Waals surface area contributed by atoms with E-state index in [1.165, 1.54) is 0 Å². The number of ketones is 1. The number of piperazine rings is 1. The van der Waals surface area contributed by atoms with Gasteiger partial charge in [-0.3, -0.25) is 19.4 Å². The maximum Gasteiger partial charge on any atom is 0.236 e. The van der Waals surface area contributed by atoms with Crippen molar-refractivity contribution >= 4 is 21.5 Å². The zero-order valence-corrected chi connectivity index (χ0v) is 18.2. The standard InChI is InChI=1S/C22H31N3O4S/c26-21(25-13-11-24(12-14-25)20-8-15-30(28,29)17-20)16-23-9-6-19(7-10-23)22(27)18-4-2-1-3-5-18/h1-5,19-20H,6-17H2/t20-/m1/s1. The van der Waals surface area contributed by atoms with Gasteiger partial charge in [0.1, 0.15) is 0 Å². The van der Waals surface area contributed by atoms with Crippen LogP contribution in [0.25, 0.3) is 0 Å². The lowest BCUT2D eigenvalue weighted by molar-refractivity contribution is -0.134. The molecule has 30 heavy (non-hydrogen) atoms. The molecule has 3 aliphatic rings. The molecule has 0 aliphatic carbocycles. The Balaban J connectivity index is 1.20. The number of benzene rings is 1. The van der Waals surface area contributed by atoms with Gasteiger partial charge in [0, 0.05) is 43.7 Å². The molecule has 0 radical (unpaired) electrons. The summed E-state index contributed by atoms with van der Waals surface area (Å²) in [5.74, 6) is 0.954. The number of carbonyl (C=O) groups is 2. The fourth-order valence-corrected chi connectivity index (χ4v) is 6.64. The summed E-state index contributed by atoms with van der Waals surface area (Å²) >= 11 is 0. The summed E-state index contributed by atoms with van der Waals surface area (Å²) in [4.78, 5) is 31.7. The maximum atomic E-state index is 12.7. The molecule has 3 aliphatic heterocycles. The molecule has 4 rings (SSSR count). The highest BCUT2D eigenvalue weighted by atomic mass is 32.2. The van der Waals surface area contributed by atoms with Gasteiger partial charge in [0.2, 0.25) is 5.91 Å². The van der Waals surface area contributed by atoms with Gasteiger partial charge in [0.15, 0.2) is 15.6 Å². The monoisotopic (exact) mass is 433 g/mol. The molecule has 1 amide bonds. The molecule has 0 N–H and O–H groups in total. The zero-order chi connectivity index (χ0) is 21.1. The van der Waals surface area contributed by atoms with Gasteiger partial charge < -0.3 is 4.90 Å². The van der Waals surface area contributed by atoms with Crippen molar-refractivity contribution in [3.63, 3.8) is 0 Å². The maximum absolute atomic E-state index is 12.7. The average Bonchev–Trinajstić information content (AvgIpc) is 3.14. The molecule has 0 saturated carbocycles. The Morgan fingerprint density at radius 2 is 1.57 bits per heavy atom. The van der Waals surface area contributed by atoms with E-state index < -0.39 is 9.84 Å². The van der Waals surface area contributed by atoms with Crippen LogP contribution in [0.15, 0.2) is 30.3 Å². The number of carbonyl (C=O) groups excluding carboxylic acids is 2. The first-order valence-electron chi connectivity index (χ1n) is 11.0. The van der Waals surface area contributed by atoms with Crippen molar-refractivity contribution in [2.75, 3.05) is 57.3 Å². The lowest BCUT2D eigenvalue weighted by Crippen LogP contribution is -2.54. The molecule has 3 saturated heterocycles. The molecule has 0 spiro atoms. The molecule has 1 atom stereocenters. The molecule has 1 aromatic carbocycles. The van der Waals surface area contributed by atoms with Gasteiger partial charge >= 0.3 is 0 Å². The smallest absolute Gasteiger partial charge is 0.236 e. The second kappa shape index (κ2) is 9.16. The quantitative estimate of drug-likeness (QED) is 0.643. The molecule has 0 bridgehead atoms. The van der Waals surface area contributed by atoms with E-state index in [9.17, 15) is 18.0 Å². The Bertz CT molecular complexity index is 858. The predicted octanol–water partition coefficient (Wildman–Crippen LogP) is 0.913. The Morgan fingerprint density at radius 3 is 2.17 bits per heavy atom. The van der Waals surface area contributed by atoms with Gasteiger partial charge in [-0.15, -0.1) is 0 Å². The number of likely N-dealkylation sites (tertiary alicyclic amines) is 1. The second-order valence-corrected chi connectivity index (χ2v) is 11.0. The van der Waals surface area contributed by atoms with Crippen LogP contribution in [0, 0.1) is 5.92 Å². The molecule has 164 valence electrons. The van der Waals surface area contributed by atoms with Crippen LogP contribution < -0.4 is 0 Å². The lowest BCUT2D eigenvalue weighted by atomic mass is 9.89. The summed E-state index contributed by atoms with van der Waals surface area (Å²) in [6.45, 7) is 4.78. The molecule has 3 heterocycles. The van der Waals surface area contributed by atoms with Crippen LogP contribution in [0.4, 0.5) is 0 Å². The molecule has 8 heteroatoms. The van der Waals surface area contributed by atoms with Crippen LogP contribution in [0.5, 0.6) is 0 Å². The highest BCUT2D eigenvalue weighted by molar-refractivity contribution is 7.91. The summed E-state index contributed by atoms with van der Waals surface area (Å²) in [5, 5.41) is 0. The zero-order valence-electron chi connectivity index (χ0n) is 17.4. The molecule has 3 fully saturated rings. The molecule has 1 aromatic rings. The first kappa shape index (κ1) is 21.5. The average molecular weight is 434 g/mol. The summed E-state index contributed by atoms with van der Waals surface area (Å²) in [6, 6.07) is 9.57. The van der Waals surface area contributed by atoms with E-state index in [4.69, 9.17) is 0 Å². The van der Waals surface area contributed by atoms with Gasteiger partial charge in [0.25, 0.3) is 0 Å². The van der Waals surface area contributed by atoms with E-state index in [1.54, 1.807) is 0 Å². The van der Waals surface area contributed by atoms with Crippen molar-refractivity contribution in [3.05, 3.63) is 35.9 Å².